The highest BCUT2D eigenvalue weighted by molar-refractivity contribution is 9.10. The van der Waals surface area contributed by atoms with E-state index >= 15 is 0 Å². The monoisotopic (exact) mass is 338 g/mol. The Kier molecular flexibility index (Phi) is 3.21. The molecule has 3 amide bonds. The fraction of sp³-hybridized carbons (Fsp3) is 0.308. The van der Waals surface area contributed by atoms with Gasteiger partial charge in [0.15, 0.2) is 6.61 Å². The van der Waals surface area contributed by atoms with Crippen LogP contribution in [0.3, 0.4) is 0 Å². The Bertz CT molecular complexity index is 565. The normalized spacial score (nSPS) is 19.1. The number of nitrogens with zero attached hydrogens (tertiary/aromatic N) is 2. The first-order chi connectivity index (χ1) is 9.56. The summed E-state index contributed by atoms with van der Waals surface area (Å²) in [5.74, 6) is -0.440. The SMILES string of the molecule is O=C(c1ccc(Br)cc1)N1CC(N2C(=O)COC2=O)C1. The number of amides is 3. The van der Waals surface area contributed by atoms with Crippen LogP contribution in [-0.4, -0.2) is 53.4 Å². The molecular formula is C13H11BrN2O4. The van der Waals surface area contributed by atoms with Crippen LogP contribution in [-0.2, 0) is 9.53 Å². The minimum Gasteiger partial charge on any atom is -0.439 e. The number of hydrogen-bond acceptors (Lipinski definition) is 4. The molecule has 3 rings (SSSR count). The van der Waals surface area contributed by atoms with Gasteiger partial charge in [0.1, 0.15) is 0 Å². The van der Waals surface area contributed by atoms with Crippen LogP contribution in [0.1, 0.15) is 10.4 Å². The van der Waals surface area contributed by atoms with Gasteiger partial charge < -0.3 is 9.64 Å². The average molecular weight is 339 g/mol. The highest BCUT2D eigenvalue weighted by Gasteiger charge is 2.44. The number of carbonyl (C=O) groups excluding carboxylic acids is 3. The maximum absolute atomic E-state index is 12.2. The van der Waals surface area contributed by atoms with Crippen LogP contribution in [0.15, 0.2) is 28.7 Å². The Hall–Kier alpha value is -1.89. The fourth-order valence-electron chi connectivity index (χ4n) is 2.28. The number of imide groups is 1. The van der Waals surface area contributed by atoms with E-state index in [9.17, 15) is 14.4 Å². The van der Waals surface area contributed by atoms with Crippen molar-refractivity contribution < 1.29 is 19.1 Å². The predicted molar refractivity (Wildman–Crippen MR) is 72.0 cm³/mol. The van der Waals surface area contributed by atoms with E-state index in [1.165, 1.54) is 0 Å². The van der Waals surface area contributed by atoms with E-state index in [1.54, 1.807) is 29.2 Å². The van der Waals surface area contributed by atoms with Gasteiger partial charge in [-0.2, -0.15) is 0 Å². The van der Waals surface area contributed by atoms with E-state index in [-0.39, 0.29) is 24.5 Å². The van der Waals surface area contributed by atoms with Crippen molar-refractivity contribution in [3.05, 3.63) is 34.3 Å². The topological polar surface area (TPSA) is 66.9 Å². The molecule has 0 aliphatic carbocycles. The van der Waals surface area contributed by atoms with Gasteiger partial charge in [-0.25, -0.2) is 9.69 Å². The maximum Gasteiger partial charge on any atom is 0.417 e. The Morgan fingerprint density at radius 1 is 1.20 bits per heavy atom. The molecule has 7 heteroatoms. The molecule has 6 nitrogen and oxygen atoms in total. The molecule has 0 N–H and O–H groups in total. The third-order valence-corrected chi connectivity index (χ3v) is 3.92. The molecule has 1 aromatic rings. The lowest BCUT2D eigenvalue weighted by Gasteiger charge is -2.41. The molecule has 1 aromatic carbocycles. The molecule has 104 valence electrons. The van der Waals surface area contributed by atoms with Crippen LogP contribution < -0.4 is 0 Å². The molecule has 0 spiro atoms. The summed E-state index contributed by atoms with van der Waals surface area (Å²) in [6, 6.07) is 6.79. The average Bonchev–Trinajstić information content (AvgIpc) is 2.70. The van der Waals surface area contributed by atoms with Crippen LogP contribution in [0.2, 0.25) is 0 Å². The van der Waals surface area contributed by atoms with Gasteiger partial charge >= 0.3 is 6.09 Å². The Morgan fingerprint density at radius 3 is 2.40 bits per heavy atom. The first kappa shape index (κ1) is 13.1. The summed E-state index contributed by atoms with van der Waals surface area (Å²) >= 11 is 3.31. The van der Waals surface area contributed by atoms with Crippen molar-refractivity contribution in [2.45, 2.75) is 6.04 Å². The number of cyclic esters (lactones) is 1. The van der Waals surface area contributed by atoms with Crippen LogP contribution >= 0.6 is 15.9 Å². The highest BCUT2D eigenvalue weighted by Crippen LogP contribution is 2.22. The third-order valence-electron chi connectivity index (χ3n) is 3.39. The summed E-state index contributed by atoms with van der Waals surface area (Å²) in [5.41, 5.74) is 0.585. The molecule has 0 atom stereocenters. The van der Waals surface area contributed by atoms with Gasteiger partial charge in [-0.15, -0.1) is 0 Å². The summed E-state index contributed by atoms with van der Waals surface area (Å²) in [6.45, 7) is 0.515. The molecule has 0 radical (unpaired) electrons. The number of halogens is 1. The first-order valence-corrected chi connectivity index (χ1v) is 6.89. The maximum atomic E-state index is 12.2. The zero-order valence-electron chi connectivity index (χ0n) is 10.4. The van der Waals surface area contributed by atoms with Crippen molar-refractivity contribution in [2.75, 3.05) is 19.7 Å². The van der Waals surface area contributed by atoms with Crippen molar-refractivity contribution in [1.82, 2.24) is 9.80 Å². The van der Waals surface area contributed by atoms with E-state index in [0.29, 0.717) is 18.7 Å². The lowest BCUT2D eigenvalue weighted by Crippen LogP contribution is -2.62. The van der Waals surface area contributed by atoms with Gasteiger partial charge in [0, 0.05) is 23.1 Å². The molecule has 2 aliphatic heterocycles. The van der Waals surface area contributed by atoms with E-state index in [2.05, 4.69) is 20.7 Å². The van der Waals surface area contributed by atoms with Gasteiger partial charge in [0.2, 0.25) is 0 Å². The number of carbonyl (C=O) groups is 3. The lowest BCUT2D eigenvalue weighted by atomic mass is 10.1. The largest absolute Gasteiger partial charge is 0.439 e. The summed E-state index contributed by atoms with van der Waals surface area (Å²) in [4.78, 5) is 37.7. The lowest BCUT2D eigenvalue weighted by molar-refractivity contribution is -0.129. The minimum atomic E-state index is -0.615. The fourth-order valence-corrected chi connectivity index (χ4v) is 2.54. The number of hydrogen-bond donors (Lipinski definition) is 0. The van der Waals surface area contributed by atoms with Crippen molar-refractivity contribution in [3.8, 4) is 0 Å². The Morgan fingerprint density at radius 2 is 1.85 bits per heavy atom. The van der Waals surface area contributed by atoms with Gasteiger partial charge in [0.25, 0.3) is 11.8 Å². The van der Waals surface area contributed by atoms with Crippen LogP contribution in [0.25, 0.3) is 0 Å². The molecular weight excluding hydrogens is 328 g/mol. The predicted octanol–water partition coefficient (Wildman–Crippen LogP) is 1.25. The second kappa shape index (κ2) is 4.90. The third kappa shape index (κ3) is 2.18. The Labute approximate surface area is 123 Å². The van der Waals surface area contributed by atoms with Crippen molar-refractivity contribution in [3.63, 3.8) is 0 Å². The molecule has 2 heterocycles. The second-order valence-electron chi connectivity index (χ2n) is 4.69. The van der Waals surface area contributed by atoms with Gasteiger partial charge in [0.05, 0.1) is 6.04 Å². The second-order valence-corrected chi connectivity index (χ2v) is 5.60. The summed E-state index contributed by atoms with van der Waals surface area (Å²) in [6.07, 6.45) is -0.615. The molecule has 2 saturated heterocycles. The minimum absolute atomic E-state index is 0.103. The highest BCUT2D eigenvalue weighted by atomic mass is 79.9. The van der Waals surface area contributed by atoms with Crippen LogP contribution in [0, 0.1) is 0 Å². The smallest absolute Gasteiger partial charge is 0.417 e. The number of ether oxygens (including phenoxy) is 1. The zero-order chi connectivity index (χ0) is 14.3. The summed E-state index contributed by atoms with van der Waals surface area (Å²) in [5, 5.41) is 0. The van der Waals surface area contributed by atoms with Crippen molar-refractivity contribution >= 4 is 33.8 Å². The Balaban J connectivity index is 1.63. The number of rotatable bonds is 2. The molecule has 2 aliphatic rings. The molecule has 0 aromatic heterocycles. The summed E-state index contributed by atoms with van der Waals surface area (Å²) in [7, 11) is 0. The molecule has 0 unspecified atom stereocenters. The van der Waals surface area contributed by atoms with E-state index in [1.807, 2.05) is 0 Å². The molecule has 0 saturated carbocycles. The van der Waals surface area contributed by atoms with Gasteiger partial charge in [-0.1, -0.05) is 15.9 Å². The van der Waals surface area contributed by atoms with E-state index in [4.69, 9.17) is 0 Å². The summed E-state index contributed by atoms with van der Waals surface area (Å²) < 4.78 is 5.56. The number of likely N-dealkylation sites (tertiary alicyclic amines) is 1. The van der Waals surface area contributed by atoms with Crippen LogP contribution in [0.5, 0.6) is 0 Å². The molecule has 0 bridgehead atoms. The van der Waals surface area contributed by atoms with Crippen LogP contribution in [0.4, 0.5) is 4.79 Å². The standard InChI is InChI=1S/C13H11BrN2O4/c14-9-3-1-8(2-4-9)12(18)15-5-10(6-15)16-11(17)7-20-13(16)19/h1-4,10H,5-7H2. The van der Waals surface area contributed by atoms with E-state index in [0.717, 1.165) is 9.37 Å². The van der Waals surface area contributed by atoms with Gasteiger partial charge in [-0.05, 0) is 24.3 Å². The zero-order valence-corrected chi connectivity index (χ0v) is 12.0. The van der Waals surface area contributed by atoms with Gasteiger partial charge in [-0.3, -0.25) is 9.59 Å². The van der Waals surface area contributed by atoms with E-state index < -0.39 is 6.09 Å². The van der Waals surface area contributed by atoms with Crippen molar-refractivity contribution in [1.29, 1.82) is 0 Å². The van der Waals surface area contributed by atoms with Crippen molar-refractivity contribution in [2.24, 2.45) is 0 Å². The number of benzene rings is 1. The quantitative estimate of drug-likeness (QED) is 0.814. The first-order valence-electron chi connectivity index (χ1n) is 6.10. The molecule has 2 fully saturated rings. The molecule has 20 heavy (non-hydrogen) atoms.